The molecule has 0 radical (unpaired) electrons. The number of benzene rings is 1. The summed E-state index contributed by atoms with van der Waals surface area (Å²) >= 11 is 1.51. The van der Waals surface area contributed by atoms with Crippen LogP contribution >= 0.6 is 0 Å². The maximum atomic E-state index is 2.28. The molecule has 0 saturated carbocycles. The molecule has 0 bridgehead atoms. The summed E-state index contributed by atoms with van der Waals surface area (Å²) in [6.07, 6.45) is 5.44. The van der Waals surface area contributed by atoms with Crippen molar-refractivity contribution in [3.8, 4) is 0 Å². The number of aryl methyl sites for hydroxylation is 2. The Morgan fingerprint density at radius 3 is 1.79 bits per heavy atom. The second kappa shape index (κ2) is 14.6. The van der Waals surface area contributed by atoms with Crippen LogP contribution in [0.15, 0.2) is 66.7 Å². The first-order chi connectivity index (χ1) is 14.5. The predicted molar refractivity (Wildman–Crippen MR) is 134 cm³/mol. The molecule has 1 aliphatic rings. The van der Waals surface area contributed by atoms with Gasteiger partial charge in [0.1, 0.15) is 0 Å². The molecular weight excluding hydrogens is 522 g/mol. The molecule has 0 aliphatic heterocycles. The average molecular weight is 563 g/mol. The molecule has 0 unspecified atom stereocenters. The van der Waals surface area contributed by atoms with E-state index < -0.39 is 0 Å². The summed E-state index contributed by atoms with van der Waals surface area (Å²) in [5, 5.41) is 0. The molecule has 0 amide bonds. The van der Waals surface area contributed by atoms with Crippen LogP contribution in [0.5, 0.6) is 0 Å². The van der Waals surface area contributed by atoms with Crippen molar-refractivity contribution >= 4 is 3.21 Å². The van der Waals surface area contributed by atoms with E-state index in [-0.39, 0.29) is 35.6 Å². The monoisotopic (exact) mass is 560 g/mol. The number of hydrogen-bond donors (Lipinski definition) is 0. The second-order valence-corrected chi connectivity index (χ2v) is 12.5. The van der Waals surface area contributed by atoms with Crippen LogP contribution in [0.25, 0.3) is 0 Å². The van der Waals surface area contributed by atoms with E-state index in [4.69, 9.17) is 0 Å². The second-order valence-electron chi connectivity index (χ2n) is 10.6. The molecule has 180 valence electrons. The number of hydrogen-bond acceptors (Lipinski definition) is 0. The van der Waals surface area contributed by atoms with Gasteiger partial charge in [-0.05, 0) is 5.41 Å². The SMILES string of the molecule is CC(C)(C)c1cc[cH-]c1C(C)(C)C.C[C](=[Zr+2])c1ccccc1.[Cl-].[Cl-].c1cc2c([cH-]1)CCCC2. The zero-order valence-corrected chi connectivity index (χ0v) is 25.4. The number of rotatable bonds is 1. The summed E-state index contributed by atoms with van der Waals surface area (Å²) in [6.45, 7) is 15.8. The first-order valence-electron chi connectivity index (χ1n) is 11.6. The first kappa shape index (κ1) is 32.3. The van der Waals surface area contributed by atoms with Crippen molar-refractivity contribution in [1.29, 1.82) is 0 Å². The molecule has 3 aromatic rings. The quantitative estimate of drug-likeness (QED) is 0.399. The van der Waals surface area contributed by atoms with Crippen LogP contribution in [-0.4, -0.2) is 3.21 Å². The van der Waals surface area contributed by atoms with Gasteiger partial charge in [-0.1, -0.05) is 72.6 Å². The normalized spacial score (nSPS) is 12.5. The predicted octanol–water partition coefficient (Wildman–Crippen LogP) is 2.07. The molecule has 0 saturated heterocycles. The van der Waals surface area contributed by atoms with E-state index in [0.29, 0.717) is 0 Å². The zero-order valence-electron chi connectivity index (χ0n) is 21.4. The Labute approximate surface area is 230 Å². The minimum atomic E-state index is 0. The molecule has 3 aromatic carbocycles. The molecular formula is C30H40Cl2Zr-2. The van der Waals surface area contributed by atoms with Gasteiger partial charge < -0.3 is 24.8 Å². The fourth-order valence-corrected chi connectivity index (χ4v) is 4.44. The summed E-state index contributed by atoms with van der Waals surface area (Å²) < 4.78 is 1.46. The molecule has 0 N–H and O–H groups in total. The summed E-state index contributed by atoms with van der Waals surface area (Å²) in [5.41, 5.74) is 8.08. The third-order valence-corrected chi connectivity index (χ3v) is 6.50. The largest absolute Gasteiger partial charge is 1.00 e. The summed E-state index contributed by atoms with van der Waals surface area (Å²) in [4.78, 5) is 0. The third kappa shape index (κ3) is 10.6. The van der Waals surface area contributed by atoms with E-state index in [1.807, 2.05) is 6.07 Å². The average Bonchev–Trinajstić information content (AvgIpc) is 3.39. The van der Waals surface area contributed by atoms with Gasteiger partial charge >= 0.3 is 70.3 Å². The van der Waals surface area contributed by atoms with Gasteiger partial charge in [-0.3, -0.25) is 0 Å². The fraction of sp³-hybridized carbons (Fsp3) is 0.433. The Kier molecular flexibility index (Phi) is 14.3. The molecule has 0 atom stereocenters. The van der Waals surface area contributed by atoms with E-state index in [1.54, 1.807) is 11.1 Å². The number of fused-ring (bicyclic) bond motifs is 1. The Hall–Kier alpha value is -0.747. The van der Waals surface area contributed by atoms with Gasteiger partial charge in [-0.25, -0.2) is 12.1 Å². The van der Waals surface area contributed by atoms with Crippen LogP contribution in [0.1, 0.15) is 89.1 Å². The zero-order chi connectivity index (χ0) is 23.1. The van der Waals surface area contributed by atoms with E-state index >= 15 is 0 Å². The van der Waals surface area contributed by atoms with Crippen molar-refractivity contribution < 1.29 is 49.0 Å². The van der Waals surface area contributed by atoms with Crippen molar-refractivity contribution in [3.05, 3.63) is 94.5 Å². The van der Waals surface area contributed by atoms with Crippen molar-refractivity contribution in [2.45, 2.75) is 85.0 Å². The summed E-state index contributed by atoms with van der Waals surface area (Å²) in [5.74, 6) is 0. The van der Waals surface area contributed by atoms with Crippen molar-refractivity contribution in [3.63, 3.8) is 0 Å². The minimum absolute atomic E-state index is 0. The van der Waals surface area contributed by atoms with Gasteiger partial charge in [0.15, 0.2) is 0 Å². The van der Waals surface area contributed by atoms with Crippen LogP contribution in [0, 0.1) is 0 Å². The van der Waals surface area contributed by atoms with E-state index in [0.717, 1.165) is 0 Å². The molecule has 3 heteroatoms. The maximum Gasteiger partial charge on any atom is -0.0512 e. The Morgan fingerprint density at radius 1 is 0.758 bits per heavy atom. The van der Waals surface area contributed by atoms with Gasteiger partial charge in [-0.2, -0.15) is 46.5 Å². The van der Waals surface area contributed by atoms with Crippen LogP contribution in [-0.2, 0) is 47.9 Å². The molecule has 1 aliphatic carbocycles. The van der Waals surface area contributed by atoms with Crippen LogP contribution in [0.2, 0.25) is 0 Å². The molecule has 0 heterocycles. The third-order valence-electron chi connectivity index (χ3n) is 5.79. The Morgan fingerprint density at radius 2 is 1.33 bits per heavy atom. The Balaban J connectivity index is 0.000000461. The van der Waals surface area contributed by atoms with Crippen LogP contribution < -0.4 is 24.8 Å². The molecule has 33 heavy (non-hydrogen) atoms. The van der Waals surface area contributed by atoms with Crippen molar-refractivity contribution in [2.75, 3.05) is 0 Å². The summed E-state index contributed by atoms with van der Waals surface area (Å²) in [6, 6.07) is 23.8. The molecule has 0 aromatic heterocycles. The van der Waals surface area contributed by atoms with Gasteiger partial charge in [-0.15, -0.1) is 0 Å². The van der Waals surface area contributed by atoms with Crippen LogP contribution in [0.3, 0.4) is 0 Å². The smallest absolute Gasteiger partial charge is 0.0512 e. The van der Waals surface area contributed by atoms with Gasteiger partial charge in [0.05, 0.1) is 0 Å². The molecule has 0 fully saturated rings. The van der Waals surface area contributed by atoms with Gasteiger partial charge in [0, 0.05) is 0 Å². The fourth-order valence-electron chi connectivity index (χ4n) is 4.03. The van der Waals surface area contributed by atoms with Crippen molar-refractivity contribution in [2.24, 2.45) is 0 Å². The topological polar surface area (TPSA) is 0 Å². The standard InChI is InChI=1S/C13H21.C9H11.C8H8.2ClH.Zr/c1-12(2,3)10-8-7-9-11(10)13(4,5)6;1-2-5-9-7-3-6-8(9)4-1;1-2-8-6-4-3-5-7-8;;;/h7-9H,1-6H3;3,6-7H,1-2,4-5H2;3-7H,1H3;2*1H;/q2*-1;;;;+2/p-2. The Bertz CT molecular complexity index is 885. The van der Waals surface area contributed by atoms with E-state index in [1.165, 1.54) is 69.8 Å². The molecule has 0 nitrogen and oxygen atoms in total. The van der Waals surface area contributed by atoms with E-state index in [2.05, 4.69) is 109 Å². The van der Waals surface area contributed by atoms with Gasteiger partial charge in [0.2, 0.25) is 0 Å². The van der Waals surface area contributed by atoms with Crippen molar-refractivity contribution in [1.82, 2.24) is 0 Å². The van der Waals surface area contributed by atoms with Gasteiger partial charge in [0.25, 0.3) is 0 Å². The minimum Gasteiger partial charge on any atom is -1.00 e. The molecule has 0 spiro atoms. The van der Waals surface area contributed by atoms with E-state index in [9.17, 15) is 0 Å². The molecule has 4 rings (SSSR count). The summed E-state index contributed by atoms with van der Waals surface area (Å²) in [7, 11) is 0. The first-order valence-corrected chi connectivity index (χ1v) is 12.8. The van der Waals surface area contributed by atoms with Crippen LogP contribution in [0.4, 0.5) is 0 Å². The maximum absolute atomic E-state index is 2.28. The number of halogens is 2.